The fourth-order valence-electron chi connectivity index (χ4n) is 4.75. The van der Waals surface area contributed by atoms with Crippen LogP contribution in [-0.4, -0.2) is 0 Å². The van der Waals surface area contributed by atoms with E-state index in [-0.39, 0.29) is 34.0 Å². The average Bonchev–Trinajstić information content (AvgIpc) is 3.48. The summed E-state index contributed by atoms with van der Waals surface area (Å²) in [5.74, 6) is 0. The molecular formula is C34H22S. The maximum Gasteiger partial charge on any atom is 0.0629 e. The van der Waals surface area contributed by atoms with Crippen molar-refractivity contribution in [3.05, 3.63) is 133 Å². The zero-order valence-electron chi connectivity index (χ0n) is 27.4. The number of hydrogen-bond acceptors (Lipinski definition) is 1. The molecule has 7 rings (SSSR count). The molecule has 0 aliphatic rings. The fraction of sp³-hybridized carbons (Fsp3) is 0. The van der Waals surface area contributed by atoms with E-state index in [9.17, 15) is 0 Å². The summed E-state index contributed by atoms with van der Waals surface area (Å²) in [6.07, 6.45) is 0. The van der Waals surface area contributed by atoms with Crippen molar-refractivity contribution in [2.45, 2.75) is 0 Å². The third-order valence-corrected chi connectivity index (χ3v) is 7.43. The molecule has 0 aliphatic heterocycles. The molecule has 0 amide bonds. The second kappa shape index (κ2) is 8.23. The Kier molecular flexibility index (Phi) is 3.07. The first-order chi connectivity index (χ1) is 21.1. The lowest BCUT2D eigenvalue weighted by Gasteiger charge is -2.17. The van der Waals surface area contributed by atoms with Gasteiger partial charge in [-0.3, -0.25) is 0 Å². The molecule has 0 saturated carbocycles. The monoisotopic (exact) mass is 471 g/mol. The van der Waals surface area contributed by atoms with Crippen LogP contribution in [0.4, 0.5) is 0 Å². The molecule has 1 heteroatoms. The van der Waals surface area contributed by atoms with E-state index in [1.54, 1.807) is 23.5 Å². The maximum atomic E-state index is 9.07. The number of benzene rings is 6. The molecule has 1 aromatic heterocycles. The quantitative estimate of drug-likeness (QED) is 0.225. The lowest BCUT2D eigenvalue weighted by Crippen LogP contribution is -1.90. The Bertz CT molecular complexity index is 2300. The third-order valence-electron chi connectivity index (χ3n) is 6.27. The van der Waals surface area contributed by atoms with Crippen LogP contribution in [0, 0.1) is 0 Å². The SMILES string of the molecule is [2H]c1c([2H])c([2H])c(-c2c3ccccc3c(-c3ccc4sc(-c5ccccc5)cc4c3)c3c([2H])c([2H])c([2H])c([2H])c23)c([2H])c1[2H]. The largest absolute Gasteiger partial charge is 0.135 e. The van der Waals surface area contributed by atoms with Gasteiger partial charge >= 0.3 is 0 Å². The smallest absolute Gasteiger partial charge is 0.0629 e. The number of fused-ring (bicyclic) bond motifs is 3. The highest BCUT2D eigenvalue weighted by Crippen LogP contribution is 2.44. The first kappa shape index (κ1) is 13.0. The molecule has 1 heterocycles. The third kappa shape index (κ3) is 3.36. The Morgan fingerprint density at radius 1 is 0.486 bits per heavy atom. The molecule has 0 spiro atoms. The van der Waals surface area contributed by atoms with E-state index in [1.165, 1.54) is 0 Å². The molecular weight excluding hydrogens is 440 g/mol. The number of thiophene rings is 1. The van der Waals surface area contributed by atoms with Crippen molar-refractivity contribution in [1.29, 1.82) is 0 Å². The summed E-state index contributed by atoms with van der Waals surface area (Å²) in [5.41, 5.74) is 2.52. The van der Waals surface area contributed by atoms with Crippen molar-refractivity contribution >= 4 is 43.0 Å². The minimum absolute atomic E-state index is 0.102. The van der Waals surface area contributed by atoms with Crippen LogP contribution in [0.2, 0.25) is 0 Å². The molecule has 0 fully saturated rings. The molecule has 0 atom stereocenters. The van der Waals surface area contributed by atoms with E-state index in [0.717, 1.165) is 26.1 Å². The highest BCUT2D eigenvalue weighted by Gasteiger charge is 2.16. The predicted molar refractivity (Wildman–Crippen MR) is 153 cm³/mol. The summed E-state index contributed by atoms with van der Waals surface area (Å²) in [7, 11) is 0. The summed E-state index contributed by atoms with van der Waals surface area (Å²) < 4.78 is 78.6. The summed E-state index contributed by atoms with van der Waals surface area (Å²) >= 11 is 1.66. The number of hydrogen-bond donors (Lipinski definition) is 0. The van der Waals surface area contributed by atoms with Crippen molar-refractivity contribution in [1.82, 2.24) is 0 Å². The van der Waals surface area contributed by atoms with Crippen molar-refractivity contribution in [2.75, 3.05) is 0 Å². The van der Waals surface area contributed by atoms with Crippen LogP contribution in [0.1, 0.15) is 12.3 Å². The van der Waals surface area contributed by atoms with Crippen molar-refractivity contribution in [3.8, 4) is 32.7 Å². The van der Waals surface area contributed by atoms with Gasteiger partial charge in [-0.05, 0) is 72.9 Å². The van der Waals surface area contributed by atoms with Crippen molar-refractivity contribution in [2.24, 2.45) is 0 Å². The second-order valence-electron chi connectivity index (χ2n) is 8.27. The van der Waals surface area contributed by atoms with Crippen LogP contribution in [-0.2, 0) is 0 Å². The van der Waals surface area contributed by atoms with Crippen LogP contribution in [0.5, 0.6) is 0 Å². The van der Waals surface area contributed by atoms with E-state index in [1.807, 2.05) is 48.5 Å². The van der Waals surface area contributed by atoms with Gasteiger partial charge in [-0.2, -0.15) is 0 Å². The van der Waals surface area contributed by atoms with Gasteiger partial charge in [-0.15, -0.1) is 11.3 Å². The van der Waals surface area contributed by atoms with Gasteiger partial charge in [0.25, 0.3) is 0 Å². The highest BCUT2D eigenvalue weighted by atomic mass is 32.1. The molecule has 35 heavy (non-hydrogen) atoms. The van der Waals surface area contributed by atoms with Crippen LogP contribution in [0.3, 0.4) is 0 Å². The van der Waals surface area contributed by atoms with E-state index in [0.29, 0.717) is 16.3 Å². The normalized spacial score (nSPS) is 15.0. The predicted octanol–water partition coefficient (Wildman–Crippen LogP) is 10.2. The molecule has 0 nitrogen and oxygen atoms in total. The van der Waals surface area contributed by atoms with Gasteiger partial charge in [0, 0.05) is 9.58 Å². The Hall–Kier alpha value is -4.20. The minimum atomic E-state index is -0.533. The maximum absolute atomic E-state index is 9.07. The molecule has 6 aromatic carbocycles. The first-order valence-corrected chi connectivity index (χ1v) is 12.0. The van der Waals surface area contributed by atoms with E-state index >= 15 is 0 Å². The molecule has 0 unspecified atom stereocenters. The first-order valence-electron chi connectivity index (χ1n) is 15.7. The molecule has 0 radical (unpaired) electrons. The van der Waals surface area contributed by atoms with Gasteiger partial charge in [0.15, 0.2) is 0 Å². The zero-order chi connectivity index (χ0) is 31.0. The van der Waals surface area contributed by atoms with E-state index in [2.05, 4.69) is 18.2 Å². The lowest BCUT2D eigenvalue weighted by molar-refractivity contribution is 1.66. The second-order valence-corrected chi connectivity index (χ2v) is 9.36. The Morgan fingerprint density at radius 2 is 1.11 bits per heavy atom. The minimum Gasteiger partial charge on any atom is -0.135 e. The van der Waals surface area contributed by atoms with Gasteiger partial charge in [0.2, 0.25) is 0 Å². The topological polar surface area (TPSA) is 0 Å². The Morgan fingerprint density at radius 3 is 1.83 bits per heavy atom. The molecule has 0 bridgehead atoms. The van der Waals surface area contributed by atoms with Gasteiger partial charge < -0.3 is 0 Å². The van der Waals surface area contributed by atoms with Crippen LogP contribution in [0.25, 0.3) is 64.3 Å². The molecule has 0 aliphatic carbocycles. The summed E-state index contributed by atoms with van der Waals surface area (Å²) in [6.45, 7) is 0. The van der Waals surface area contributed by atoms with Crippen LogP contribution < -0.4 is 0 Å². The summed E-state index contributed by atoms with van der Waals surface area (Å²) in [5, 5.41) is 2.49. The Balaban J connectivity index is 1.66. The summed E-state index contributed by atoms with van der Waals surface area (Å²) in [4.78, 5) is 1.10. The highest BCUT2D eigenvalue weighted by molar-refractivity contribution is 7.22. The van der Waals surface area contributed by atoms with E-state index in [4.69, 9.17) is 12.3 Å². The zero-order valence-corrected chi connectivity index (χ0v) is 19.2. The van der Waals surface area contributed by atoms with Gasteiger partial charge in [-0.25, -0.2) is 0 Å². The summed E-state index contributed by atoms with van der Waals surface area (Å²) in [6, 6.07) is 21.5. The van der Waals surface area contributed by atoms with E-state index < -0.39 is 42.3 Å². The van der Waals surface area contributed by atoms with Gasteiger partial charge in [-0.1, -0.05) is 115 Å². The van der Waals surface area contributed by atoms with Crippen molar-refractivity contribution < 1.29 is 12.3 Å². The fourth-order valence-corrected chi connectivity index (χ4v) is 5.80. The average molecular weight is 472 g/mol. The Labute approximate surface area is 221 Å². The molecule has 164 valence electrons. The molecule has 7 aromatic rings. The van der Waals surface area contributed by atoms with Gasteiger partial charge in [0.05, 0.1) is 12.3 Å². The lowest BCUT2D eigenvalue weighted by atomic mass is 9.86. The number of rotatable bonds is 3. The van der Waals surface area contributed by atoms with Gasteiger partial charge in [0.1, 0.15) is 0 Å². The molecule has 0 saturated heterocycles. The van der Waals surface area contributed by atoms with Crippen LogP contribution >= 0.6 is 11.3 Å². The standard InChI is InChI=1S/C34H22S/c1-3-11-23(12-4-1)32-22-26-21-25(19-20-31(26)35-32)34-29-17-9-7-15-27(29)33(24-13-5-2-6-14-24)28-16-8-10-18-30(28)34/h1-22H/i2D,5D,6D,7D,9D,13D,14D,15D,17D. The van der Waals surface area contributed by atoms with Crippen molar-refractivity contribution in [3.63, 3.8) is 0 Å². The molecule has 0 N–H and O–H groups in total. The van der Waals surface area contributed by atoms with Crippen LogP contribution in [0.15, 0.2) is 133 Å².